The van der Waals surface area contributed by atoms with E-state index in [0.717, 1.165) is 42.7 Å². The first kappa shape index (κ1) is 12.3. The van der Waals surface area contributed by atoms with Gasteiger partial charge in [0.2, 0.25) is 0 Å². The zero-order chi connectivity index (χ0) is 13.1. The number of hydrogen-bond donors (Lipinski definition) is 0. The molecule has 1 saturated carbocycles. The molecule has 19 heavy (non-hydrogen) atoms. The first-order chi connectivity index (χ1) is 9.34. The van der Waals surface area contributed by atoms with Crippen LogP contribution in [0.15, 0.2) is 18.2 Å². The van der Waals surface area contributed by atoms with Gasteiger partial charge >= 0.3 is 0 Å². The van der Waals surface area contributed by atoms with Gasteiger partial charge in [-0.1, -0.05) is 31.7 Å². The Morgan fingerprint density at radius 3 is 2.32 bits per heavy atom. The molecule has 0 aromatic heterocycles. The highest BCUT2D eigenvalue weighted by Gasteiger charge is 2.33. The molecule has 3 nitrogen and oxygen atoms in total. The molecule has 2 aliphatic rings. The van der Waals surface area contributed by atoms with Crippen molar-refractivity contribution in [1.29, 1.82) is 5.26 Å². The van der Waals surface area contributed by atoms with E-state index in [1.54, 1.807) is 0 Å². The lowest BCUT2D eigenvalue weighted by Gasteiger charge is -2.27. The van der Waals surface area contributed by atoms with Crippen molar-refractivity contribution in [2.24, 2.45) is 0 Å². The smallest absolute Gasteiger partial charge is 0.161 e. The molecule has 1 aliphatic carbocycles. The van der Waals surface area contributed by atoms with Gasteiger partial charge in [0, 0.05) is 0 Å². The van der Waals surface area contributed by atoms with Crippen molar-refractivity contribution in [3.05, 3.63) is 23.8 Å². The molecule has 0 atom stereocenters. The van der Waals surface area contributed by atoms with Gasteiger partial charge in [-0.15, -0.1) is 0 Å². The van der Waals surface area contributed by atoms with Crippen molar-refractivity contribution in [3.8, 4) is 17.6 Å². The molecule has 0 unspecified atom stereocenters. The number of nitriles is 1. The Labute approximate surface area is 114 Å². The summed E-state index contributed by atoms with van der Waals surface area (Å²) in [5, 5.41) is 9.70. The van der Waals surface area contributed by atoms with Gasteiger partial charge in [0.1, 0.15) is 13.2 Å². The maximum Gasteiger partial charge on any atom is 0.161 e. The average molecular weight is 257 g/mol. The summed E-state index contributed by atoms with van der Waals surface area (Å²) in [7, 11) is 0. The quantitative estimate of drug-likeness (QED) is 0.722. The van der Waals surface area contributed by atoms with Crippen molar-refractivity contribution < 1.29 is 9.47 Å². The van der Waals surface area contributed by atoms with Crippen LogP contribution < -0.4 is 9.47 Å². The van der Waals surface area contributed by atoms with E-state index in [1.807, 2.05) is 18.2 Å². The Kier molecular flexibility index (Phi) is 3.33. The Hall–Kier alpha value is -1.69. The molecule has 0 N–H and O–H groups in total. The third-order valence-electron chi connectivity index (χ3n) is 4.27. The summed E-state index contributed by atoms with van der Waals surface area (Å²) < 4.78 is 11.2. The molecule has 1 aromatic carbocycles. The summed E-state index contributed by atoms with van der Waals surface area (Å²) in [5.74, 6) is 1.60. The Morgan fingerprint density at radius 1 is 0.947 bits per heavy atom. The van der Waals surface area contributed by atoms with E-state index in [0.29, 0.717) is 13.2 Å². The zero-order valence-electron chi connectivity index (χ0n) is 11.2. The van der Waals surface area contributed by atoms with Gasteiger partial charge in [-0.2, -0.15) is 5.26 Å². The molecular weight excluding hydrogens is 238 g/mol. The molecule has 3 heteroatoms. The first-order valence-electron chi connectivity index (χ1n) is 7.15. The number of nitrogens with zero attached hydrogens (tertiary/aromatic N) is 1. The van der Waals surface area contributed by atoms with Crippen molar-refractivity contribution in [2.75, 3.05) is 13.2 Å². The van der Waals surface area contributed by atoms with Crippen LogP contribution in [-0.4, -0.2) is 13.2 Å². The van der Waals surface area contributed by atoms with Gasteiger partial charge in [-0.3, -0.25) is 0 Å². The van der Waals surface area contributed by atoms with Gasteiger partial charge in [-0.05, 0) is 30.5 Å². The molecule has 1 aliphatic heterocycles. The van der Waals surface area contributed by atoms with E-state index in [4.69, 9.17) is 9.47 Å². The van der Waals surface area contributed by atoms with Crippen LogP contribution in [0.5, 0.6) is 11.5 Å². The molecule has 1 aromatic rings. The fourth-order valence-electron chi connectivity index (χ4n) is 3.14. The monoisotopic (exact) mass is 257 g/mol. The Morgan fingerprint density at radius 2 is 1.63 bits per heavy atom. The molecule has 0 bridgehead atoms. The van der Waals surface area contributed by atoms with Crippen molar-refractivity contribution in [1.82, 2.24) is 0 Å². The van der Waals surface area contributed by atoms with Crippen LogP contribution in [-0.2, 0) is 5.41 Å². The topological polar surface area (TPSA) is 42.2 Å². The molecule has 1 heterocycles. The van der Waals surface area contributed by atoms with E-state index in [1.165, 1.54) is 12.8 Å². The largest absolute Gasteiger partial charge is 0.486 e. The molecule has 0 radical (unpaired) electrons. The van der Waals surface area contributed by atoms with Crippen LogP contribution in [0.1, 0.15) is 44.1 Å². The lowest BCUT2D eigenvalue weighted by Crippen LogP contribution is -2.24. The summed E-state index contributed by atoms with van der Waals surface area (Å²) in [6.07, 6.45) is 6.69. The highest BCUT2D eigenvalue weighted by Crippen LogP contribution is 2.41. The SMILES string of the molecule is N#CC1(c2ccc3c(c2)OCCO3)CCCCCC1. The minimum Gasteiger partial charge on any atom is -0.486 e. The number of fused-ring (bicyclic) bond motifs is 1. The van der Waals surface area contributed by atoms with Crippen LogP contribution >= 0.6 is 0 Å². The molecule has 0 spiro atoms. The number of hydrogen-bond acceptors (Lipinski definition) is 3. The van der Waals surface area contributed by atoms with Gasteiger partial charge in [0.25, 0.3) is 0 Å². The molecule has 3 rings (SSSR count). The van der Waals surface area contributed by atoms with Crippen LogP contribution in [0, 0.1) is 11.3 Å². The average Bonchev–Trinajstić information content (AvgIpc) is 2.73. The highest BCUT2D eigenvalue weighted by molar-refractivity contribution is 5.47. The fraction of sp³-hybridized carbons (Fsp3) is 0.562. The lowest BCUT2D eigenvalue weighted by molar-refractivity contribution is 0.171. The highest BCUT2D eigenvalue weighted by atomic mass is 16.6. The molecule has 1 fully saturated rings. The number of rotatable bonds is 1. The molecular formula is C16H19NO2. The zero-order valence-corrected chi connectivity index (χ0v) is 11.2. The predicted molar refractivity (Wildman–Crippen MR) is 72.4 cm³/mol. The standard InChI is InChI=1S/C16H19NO2/c17-12-16(7-3-1-2-4-8-16)13-5-6-14-15(11-13)19-10-9-18-14/h5-6,11H,1-4,7-10H2. The fourth-order valence-corrected chi connectivity index (χ4v) is 3.14. The van der Waals surface area contributed by atoms with Crippen molar-refractivity contribution in [3.63, 3.8) is 0 Å². The van der Waals surface area contributed by atoms with Crippen LogP contribution in [0.4, 0.5) is 0 Å². The van der Waals surface area contributed by atoms with Crippen LogP contribution in [0.25, 0.3) is 0 Å². The van der Waals surface area contributed by atoms with Gasteiger partial charge in [-0.25, -0.2) is 0 Å². The van der Waals surface area contributed by atoms with Crippen molar-refractivity contribution in [2.45, 2.75) is 43.9 Å². The molecule has 100 valence electrons. The maximum absolute atomic E-state index is 9.70. The minimum atomic E-state index is -0.327. The second-order valence-electron chi connectivity index (χ2n) is 5.47. The summed E-state index contributed by atoms with van der Waals surface area (Å²) in [6, 6.07) is 8.60. The summed E-state index contributed by atoms with van der Waals surface area (Å²) in [5.41, 5.74) is 0.771. The van der Waals surface area contributed by atoms with Crippen LogP contribution in [0.3, 0.4) is 0 Å². The summed E-state index contributed by atoms with van der Waals surface area (Å²) in [4.78, 5) is 0. The van der Waals surface area contributed by atoms with Crippen LogP contribution in [0.2, 0.25) is 0 Å². The van der Waals surface area contributed by atoms with E-state index in [2.05, 4.69) is 6.07 Å². The van der Waals surface area contributed by atoms with E-state index in [9.17, 15) is 5.26 Å². The summed E-state index contributed by atoms with van der Waals surface area (Å²) >= 11 is 0. The first-order valence-corrected chi connectivity index (χ1v) is 7.15. The van der Waals surface area contributed by atoms with E-state index < -0.39 is 0 Å². The van der Waals surface area contributed by atoms with E-state index >= 15 is 0 Å². The van der Waals surface area contributed by atoms with Gasteiger partial charge in [0.05, 0.1) is 11.5 Å². The Balaban J connectivity index is 1.97. The number of ether oxygens (including phenoxy) is 2. The third-order valence-corrected chi connectivity index (χ3v) is 4.27. The van der Waals surface area contributed by atoms with Gasteiger partial charge in [0.15, 0.2) is 11.5 Å². The second kappa shape index (κ2) is 5.13. The van der Waals surface area contributed by atoms with E-state index in [-0.39, 0.29) is 5.41 Å². The second-order valence-corrected chi connectivity index (χ2v) is 5.47. The van der Waals surface area contributed by atoms with Gasteiger partial charge < -0.3 is 9.47 Å². The molecule has 0 saturated heterocycles. The Bertz CT molecular complexity index is 496. The van der Waals surface area contributed by atoms with Crippen molar-refractivity contribution >= 4 is 0 Å². The normalized spacial score (nSPS) is 21.2. The lowest BCUT2D eigenvalue weighted by atomic mass is 9.75. The summed E-state index contributed by atoms with van der Waals surface area (Å²) in [6.45, 7) is 1.20. The molecule has 0 amide bonds. The number of benzene rings is 1. The predicted octanol–water partition coefficient (Wildman–Crippen LogP) is 3.57. The maximum atomic E-state index is 9.70. The minimum absolute atomic E-state index is 0.327. The third kappa shape index (κ3) is 2.28.